The third kappa shape index (κ3) is 3.45. The molecule has 0 amide bonds. The molecule has 32 heavy (non-hydrogen) atoms. The van der Waals surface area contributed by atoms with Crippen molar-refractivity contribution in [3.63, 3.8) is 0 Å². The molecule has 1 N–H and O–H groups in total. The second kappa shape index (κ2) is 7.99. The Morgan fingerprint density at radius 1 is 1.09 bits per heavy atom. The van der Waals surface area contributed by atoms with Crippen molar-refractivity contribution in [3.8, 4) is 34.5 Å². The van der Waals surface area contributed by atoms with Gasteiger partial charge in [-0.1, -0.05) is 0 Å². The molecule has 8 nitrogen and oxygen atoms in total. The van der Waals surface area contributed by atoms with Crippen molar-refractivity contribution < 1.29 is 19.0 Å². The first-order valence-electron chi connectivity index (χ1n) is 10.2. The molecule has 0 aromatic carbocycles. The second-order valence-corrected chi connectivity index (χ2v) is 7.59. The maximum absolute atomic E-state index is 13.5. The quantitative estimate of drug-likeness (QED) is 0.511. The van der Waals surface area contributed by atoms with E-state index in [0.29, 0.717) is 53.4 Å². The van der Waals surface area contributed by atoms with E-state index in [0.717, 1.165) is 11.4 Å². The van der Waals surface area contributed by atoms with Crippen LogP contribution in [0.3, 0.4) is 0 Å². The van der Waals surface area contributed by atoms with Gasteiger partial charge in [0.2, 0.25) is 5.88 Å². The van der Waals surface area contributed by atoms with Crippen LogP contribution in [0.1, 0.15) is 6.42 Å². The highest BCUT2D eigenvalue weighted by molar-refractivity contribution is 5.87. The normalized spacial score (nSPS) is 16.0. The predicted molar refractivity (Wildman–Crippen MR) is 119 cm³/mol. The summed E-state index contributed by atoms with van der Waals surface area (Å²) in [5.74, 6) is 1.71. The number of rotatable bonds is 5. The van der Waals surface area contributed by atoms with Gasteiger partial charge in [-0.3, -0.25) is 4.57 Å². The van der Waals surface area contributed by atoms with E-state index in [-0.39, 0.29) is 5.88 Å². The van der Waals surface area contributed by atoms with Gasteiger partial charge in [0, 0.05) is 24.5 Å². The van der Waals surface area contributed by atoms with Gasteiger partial charge in [0.25, 0.3) is 5.88 Å². The molecule has 0 saturated carbocycles. The van der Waals surface area contributed by atoms with Gasteiger partial charge in [-0.15, -0.1) is 0 Å². The highest BCUT2D eigenvalue weighted by Gasteiger charge is 2.23. The fraction of sp³-hybridized carbons (Fsp3) is 0.261. The van der Waals surface area contributed by atoms with Gasteiger partial charge in [0.1, 0.15) is 12.0 Å². The fourth-order valence-electron chi connectivity index (χ4n) is 3.94. The van der Waals surface area contributed by atoms with E-state index < -0.39 is 6.17 Å². The number of nitrogens with zero attached hydrogens (tertiary/aromatic N) is 5. The van der Waals surface area contributed by atoms with Crippen LogP contribution in [0.25, 0.3) is 27.8 Å². The molecule has 1 saturated heterocycles. The number of aromatic nitrogens is 4. The number of methoxy groups -OCH3 is 2. The average molecular weight is 435 g/mol. The van der Waals surface area contributed by atoms with Crippen LogP contribution in [-0.2, 0) is 0 Å². The lowest BCUT2D eigenvalue weighted by atomic mass is 10.1. The van der Waals surface area contributed by atoms with Crippen LogP contribution in [0.5, 0.6) is 17.5 Å². The van der Waals surface area contributed by atoms with E-state index in [9.17, 15) is 9.50 Å². The van der Waals surface area contributed by atoms with Crippen molar-refractivity contribution in [2.75, 3.05) is 32.2 Å². The molecule has 0 spiro atoms. The van der Waals surface area contributed by atoms with Crippen molar-refractivity contribution >= 4 is 16.7 Å². The largest absolute Gasteiger partial charge is 0.494 e. The molecule has 9 heteroatoms. The van der Waals surface area contributed by atoms with Crippen LogP contribution in [0.15, 0.2) is 48.9 Å². The summed E-state index contributed by atoms with van der Waals surface area (Å²) in [6.07, 6.45) is 4.80. The monoisotopic (exact) mass is 435 g/mol. The number of hydrogen-bond donors (Lipinski definition) is 1. The van der Waals surface area contributed by atoms with E-state index >= 15 is 0 Å². The Bertz CT molecular complexity index is 1270. The van der Waals surface area contributed by atoms with E-state index in [4.69, 9.17) is 9.47 Å². The minimum Gasteiger partial charge on any atom is -0.494 e. The standard InChI is InChI=1S/C23H22FN5O3/c1-31-20-9-14(10-26-22(20)32-2)18-5-4-17-19(27-18)13-29(23(17)30)16-3-6-21(25-11-16)28-8-7-15(24)12-28/h3-6,9-11,13,15,30H,7-8,12H2,1-2H3/t15-/m1/s1. The number of pyridine rings is 3. The van der Waals surface area contributed by atoms with Crippen molar-refractivity contribution in [1.29, 1.82) is 0 Å². The van der Waals surface area contributed by atoms with Crippen molar-refractivity contribution in [3.05, 3.63) is 48.9 Å². The number of ether oxygens (including phenoxy) is 2. The molecule has 0 bridgehead atoms. The molecule has 1 aliphatic rings. The predicted octanol–water partition coefficient (Wildman–Crippen LogP) is 3.75. The molecule has 164 valence electrons. The number of halogens is 1. The van der Waals surface area contributed by atoms with Gasteiger partial charge in [-0.05, 0) is 36.8 Å². The summed E-state index contributed by atoms with van der Waals surface area (Å²) in [5, 5.41) is 11.4. The maximum atomic E-state index is 13.5. The lowest BCUT2D eigenvalue weighted by Gasteiger charge is -2.16. The number of alkyl halides is 1. The van der Waals surface area contributed by atoms with Gasteiger partial charge >= 0.3 is 0 Å². The summed E-state index contributed by atoms with van der Waals surface area (Å²) >= 11 is 0. The highest BCUT2D eigenvalue weighted by atomic mass is 19.1. The lowest BCUT2D eigenvalue weighted by Crippen LogP contribution is -2.20. The molecule has 1 fully saturated rings. The minimum absolute atomic E-state index is 0.0732. The van der Waals surface area contributed by atoms with Crippen LogP contribution in [-0.4, -0.2) is 58.1 Å². The summed E-state index contributed by atoms with van der Waals surface area (Å²) in [6.45, 7) is 1.02. The zero-order valence-corrected chi connectivity index (χ0v) is 17.7. The van der Waals surface area contributed by atoms with Crippen molar-refractivity contribution in [2.24, 2.45) is 0 Å². The molecular formula is C23H22FN5O3. The van der Waals surface area contributed by atoms with Gasteiger partial charge in [0.05, 0.1) is 49.2 Å². The topological polar surface area (TPSA) is 85.5 Å². The Balaban J connectivity index is 1.48. The lowest BCUT2D eigenvalue weighted by molar-refractivity contribution is 0.343. The van der Waals surface area contributed by atoms with Crippen LogP contribution >= 0.6 is 0 Å². The molecule has 0 unspecified atom stereocenters. The van der Waals surface area contributed by atoms with Crippen molar-refractivity contribution in [2.45, 2.75) is 12.6 Å². The van der Waals surface area contributed by atoms with Crippen LogP contribution in [0, 0.1) is 0 Å². The number of hydrogen-bond acceptors (Lipinski definition) is 7. The molecule has 0 aliphatic carbocycles. The smallest absolute Gasteiger partial charge is 0.256 e. The Kier molecular flexibility index (Phi) is 5.01. The van der Waals surface area contributed by atoms with Crippen LogP contribution in [0.2, 0.25) is 0 Å². The molecule has 5 rings (SSSR count). The van der Waals surface area contributed by atoms with E-state index in [1.54, 1.807) is 36.3 Å². The molecule has 4 aromatic rings. The zero-order chi connectivity index (χ0) is 22.2. The fourth-order valence-corrected chi connectivity index (χ4v) is 3.94. The number of aromatic hydroxyl groups is 1. The number of fused-ring (bicyclic) bond motifs is 1. The summed E-state index contributed by atoms with van der Waals surface area (Å²) in [6, 6.07) is 9.13. The molecular weight excluding hydrogens is 413 g/mol. The first-order valence-corrected chi connectivity index (χ1v) is 10.2. The van der Waals surface area contributed by atoms with Gasteiger partial charge in [0.15, 0.2) is 5.75 Å². The van der Waals surface area contributed by atoms with E-state index in [1.807, 2.05) is 29.2 Å². The Labute approximate surface area is 183 Å². The SMILES string of the molecule is COc1cc(-c2ccc3c(O)n(-c4ccc(N5CC[C@@H](F)C5)nc4)cc3n2)cnc1OC. The van der Waals surface area contributed by atoms with Crippen LogP contribution in [0.4, 0.5) is 10.2 Å². The molecule has 1 aliphatic heterocycles. The molecule has 4 aromatic heterocycles. The highest BCUT2D eigenvalue weighted by Crippen LogP contribution is 2.33. The van der Waals surface area contributed by atoms with Crippen LogP contribution < -0.4 is 14.4 Å². The Hall–Kier alpha value is -3.88. The molecule has 0 radical (unpaired) electrons. The third-order valence-electron chi connectivity index (χ3n) is 5.64. The summed E-state index contributed by atoms with van der Waals surface area (Å²) < 4.78 is 25.6. The van der Waals surface area contributed by atoms with E-state index in [1.165, 1.54) is 7.11 Å². The third-order valence-corrected chi connectivity index (χ3v) is 5.64. The summed E-state index contributed by atoms with van der Waals surface area (Å²) in [4.78, 5) is 15.3. The summed E-state index contributed by atoms with van der Waals surface area (Å²) in [7, 11) is 3.08. The minimum atomic E-state index is -0.809. The Morgan fingerprint density at radius 2 is 1.97 bits per heavy atom. The van der Waals surface area contributed by atoms with Gasteiger partial charge in [-0.2, -0.15) is 0 Å². The van der Waals surface area contributed by atoms with Gasteiger partial charge in [-0.25, -0.2) is 19.3 Å². The first kappa shape index (κ1) is 20.0. The van der Waals surface area contributed by atoms with Crippen molar-refractivity contribution in [1.82, 2.24) is 19.5 Å². The molecule has 1 atom stereocenters. The Morgan fingerprint density at radius 3 is 2.66 bits per heavy atom. The zero-order valence-electron chi connectivity index (χ0n) is 17.7. The van der Waals surface area contributed by atoms with Gasteiger partial charge < -0.3 is 19.5 Å². The summed E-state index contributed by atoms with van der Waals surface area (Å²) in [5.41, 5.74) is 2.76. The second-order valence-electron chi connectivity index (χ2n) is 7.59. The maximum Gasteiger partial charge on any atom is 0.256 e. The average Bonchev–Trinajstić information content (AvgIpc) is 3.41. The first-order chi connectivity index (χ1) is 15.6. The van der Waals surface area contributed by atoms with E-state index in [2.05, 4.69) is 15.0 Å². The number of anilines is 1. The molecule has 5 heterocycles.